The third-order valence-electron chi connectivity index (χ3n) is 6.96. The molecular formula is C26H30BF3N3O6+. The first-order valence-electron chi connectivity index (χ1n) is 12.2. The molecule has 0 radical (unpaired) electrons. The number of anilines is 1. The number of halogens is 3. The van der Waals surface area contributed by atoms with Crippen LogP contribution in [-0.2, 0) is 18.8 Å². The summed E-state index contributed by atoms with van der Waals surface area (Å²) in [5, 5.41) is 4.70. The van der Waals surface area contributed by atoms with E-state index in [1.54, 1.807) is 31.4 Å². The van der Waals surface area contributed by atoms with Crippen molar-refractivity contribution in [1.29, 1.82) is 0 Å². The Morgan fingerprint density at radius 2 is 1.72 bits per heavy atom. The highest BCUT2D eigenvalue weighted by Crippen LogP contribution is 2.38. The Balaban J connectivity index is 1.81. The molecule has 208 valence electrons. The molecule has 0 atom stereocenters. The number of benzene rings is 2. The molecule has 0 bridgehead atoms. The van der Waals surface area contributed by atoms with Crippen LogP contribution in [0.4, 0.5) is 19.0 Å². The van der Waals surface area contributed by atoms with Crippen LogP contribution in [0.5, 0.6) is 5.75 Å². The lowest BCUT2D eigenvalue weighted by molar-refractivity contribution is -0.918. The number of hydrogen-bond donors (Lipinski definition) is 1. The number of rotatable bonds is 7. The molecule has 2 aromatic carbocycles. The van der Waals surface area contributed by atoms with Crippen LogP contribution in [0.1, 0.15) is 33.4 Å². The van der Waals surface area contributed by atoms with Crippen molar-refractivity contribution in [2.45, 2.75) is 52.0 Å². The van der Waals surface area contributed by atoms with Crippen LogP contribution in [-0.4, -0.2) is 55.9 Å². The zero-order valence-electron chi connectivity index (χ0n) is 22.5. The molecule has 2 heterocycles. The van der Waals surface area contributed by atoms with Crippen molar-refractivity contribution in [2.75, 3.05) is 26.1 Å². The maximum absolute atomic E-state index is 12.8. The summed E-state index contributed by atoms with van der Waals surface area (Å²) >= 11 is 0. The number of nitrogens with two attached hydrogens (primary N) is 1. The van der Waals surface area contributed by atoms with Crippen LogP contribution in [0.25, 0.3) is 21.9 Å². The van der Waals surface area contributed by atoms with Gasteiger partial charge in [0.05, 0.1) is 28.3 Å². The molecule has 1 aromatic heterocycles. The van der Waals surface area contributed by atoms with Gasteiger partial charge in [0.2, 0.25) is 5.82 Å². The molecule has 13 heteroatoms. The van der Waals surface area contributed by atoms with E-state index in [9.17, 15) is 18.0 Å². The van der Waals surface area contributed by atoms with Crippen molar-refractivity contribution in [2.24, 2.45) is 0 Å². The SMILES string of the molecule is COCCOc1ccc(B2OC(C)(C)C(C)(C)O2)cc1-c1ccc2c(N)n[n+](OC(=O)C(F)(F)F)c(C)c2c1. The molecule has 1 fully saturated rings. The average molecular weight is 548 g/mol. The number of carbonyl (C=O) groups is 1. The Morgan fingerprint density at radius 3 is 2.33 bits per heavy atom. The minimum absolute atomic E-state index is 0.111. The number of nitrogen functional groups attached to an aromatic ring is 1. The van der Waals surface area contributed by atoms with E-state index in [4.69, 9.17) is 24.5 Å². The number of methoxy groups -OCH3 is 1. The molecule has 1 aliphatic heterocycles. The van der Waals surface area contributed by atoms with Gasteiger partial charge in [0, 0.05) is 25.0 Å². The normalized spacial score (nSPS) is 16.5. The lowest BCUT2D eigenvalue weighted by Crippen LogP contribution is -2.55. The fourth-order valence-corrected chi connectivity index (χ4v) is 4.04. The third-order valence-corrected chi connectivity index (χ3v) is 6.96. The smallest absolute Gasteiger partial charge is 0.491 e. The van der Waals surface area contributed by atoms with Crippen LogP contribution in [0.2, 0.25) is 0 Å². The van der Waals surface area contributed by atoms with Crippen molar-refractivity contribution in [3.05, 3.63) is 42.1 Å². The van der Waals surface area contributed by atoms with Crippen LogP contribution in [0, 0.1) is 6.92 Å². The third kappa shape index (κ3) is 5.65. The van der Waals surface area contributed by atoms with E-state index in [0.717, 1.165) is 5.46 Å². The molecular weight excluding hydrogens is 518 g/mol. The first-order chi connectivity index (χ1) is 18.1. The van der Waals surface area contributed by atoms with E-state index >= 15 is 0 Å². The van der Waals surface area contributed by atoms with E-state index in [-0.39, 0.29) is 18.1 Å². The molecule has 1 aliphatic rings. The summed E-state index contributed by atoms with van der Waals surface area (Å²) in [6.07, 6.45) is -5.20. The van der Waals surface area contributed by atoms with Gasteiger partial charge in [-0.1, -0.05) is 18.2 Å². The standard InChI is InChI=1S/C26H30BF3N3O6/c1-15-19-13-16(7-9-18(19)22(31)32-33(15)37-23(34)26(28,29)30)20-14-17(8-10-21(20)36-12-11-35-6)27-38-24(2,3)25(4,5)39-27/h7-10,13-14H,11-12H2,1-6H3,(H2,31,32)/q+1. The van der Waals surface area contributed by atoms with Crippen molar-refractivity contribution >= 4 is 35.1 Å². The van der Waals surface area contributed by atoms with Gasteiger partial charge in [-0.2, -0.15) is 18.0 Å². The molecule has 9 nitrogen and oxygen atoms in total. The van der Waals surface area contributed by atoms with Gasteiger partial charge in [-0.25, -0.2) is 4.79 Å². The lowest BCUT2D eigenvalue weighted by atomic mass is 9.77. The maximum atomic E-state index is 12.8. The van der Waals surface area contributed by atoms with E-state index in [1.807, 2.05) is 39.8 Å². The molecule has 39 heavy (non-hydrogen) atoms. The quantitative estimate of drug-likeness (QED) is 0.273. The zero-order chi connectivity index (χ0) is 28.8. The number of nitrogens with zero attached hydrogens (tertiary/aromatic N) is 2. The zero-order valence-corrected chi connectivity index (χ0v) is 22.5. The van der Waals surface area contributed by atoms with Gasteiger partial charge < -0.3 is 24.5 Å². The Bertz CT molecular complexity index is 1400. The second kappa shape index (κ2) is 10.3. The summed E-state index contributed by atoms with van der Waals surface area (Å²) in [6, 6.07) is 10.7. The topological polar surface area (TPSA) is 106 Å². The second-order valence-corrected chi connectivity index (χ2v) is 10.2. The lowest BCUT2D eigenvalue weighted by Gasteiger charge is -2.32. The summed E-state index contributed by atoms with van der Waals surface area (Å²) < 4.78 is 61.9. The molecule has 1 saturated heterocycles. The predicted octanol–water partition coefficient (Wildman–Crippen LogP) is 2.92. The minimum atomic E-state index is -5.20. The van der Waals surface area contributed by atoms with Crippen molar-refractivity contribution in [3.63, 3.8) is 0 Å². The number of alkyl halides is 3. The molecule has 0 saturated carbocycles. The average Bonchev–Trinajstić information content (AvgIpc) is 3.08. The summed E-state index contributed by atoms with van der Waals surface area (Å²) in [7, 11) is 0.935. The van der Waals surface area contributed by atoms with Gasteiger partial charge in [-0.05, 0) is 56.9 Å². The molecule has 3 aromatic rings. The number of carbonyl (C=O) groups excluding carboxylic acids is 1. The summed E-state index contributed by atoms with van der Waals surface area (Å²) in [5.41, 5.74) is 7.14. The fraction of sp³-hybridized carbons (Fsp3) is 0.423. The largest absolute Gasteiger partial charge is 0.498 e. The second-order valence-electron chi connectivity index (χ2n) is 10.2. The van der Waals surface area contributed by atoms with Crippen molar-refractivity contribution in [1.82, 2.24) is 5.10 Å². The predicted molar refractivity (Wildman–Crippen MR) is 137 cm³/mol. The Labute approximate surface area is 224 Å². The van der Waals surface area contributed by atoms with Gasteiger partial charge >= 0.3 is 19.3 Å². The molecule has 2 N–H and O–H groups in total. The van der Waals surface area contributed by atoms with Crippen LogP contribution in [0.15, 0.2) is 36.4 Å². The molecule has 0 unspecified atom stereocenters. The number of hydrogen-bond acceptors (Lipinski definition) is 8. The number of aromatic nitrogens is 2. The van der Waals surface area contributed by atoms with Crippen molar-refractivity contribution in [3.8, 4) is 16.9 Å². The van der Waals surface area contributed by atoms with E-state index in [0.29, 0.717) is 39.1 Å². The summed E-state index contributed by atoms with van der Waals surface area (Å²) in [6.45, 7) is 9.96. The molecule has 4 rings (SSSR count). The first-order valence-corrected chi connectivity index (χ1v) is 12.2. The van der Waals surface area contributed by atoms with E-state index in [2.05, 4.69) is 9.94 Å². The highest BCUT2D eigenvalue weighted by atomic mass is 19.4. The minimum Gasteiger partial charge on any atom is -0.491 e. The highest BCUT2D eigenvalue weighted by molar-refractivity contribution is 6.62. The van der Waals surface area contributed by atoms with Crippen LogP contribution >= 0.6 is 0 Å². The van der Waals surface area contributed by atoms with Gasteiger partial charge in [0.15, 0.2) is 0 Å². The number of ether oxygens (including phenoxy) is 2. The summed E-state index contributed by atoms with van der Waals surface area (Å²) in [5.74, 6) is -1.98. The van der Waals surface area contributed by atoms with Gasteiger partial charge in [0.25, 0.3) is 5.69 Å². The van der Waals surface area contributed by atoms with E-state index in [1.165, 1.54) is 6.92 Å². The molecule has 0 spiro atoms. The van der Waals surface area contributed by atoms with Crippen LogP contribution < -0.4 is 25.6 Å². The fourth-order valence-electron chi connectivity index (χ4n) is 4.04. The van der Waals surface area contributed by atoms with Crippen LogP contribution in [0.3, 0.4) is 0 Å². The Kier molecular flexibility index (Phi) is 7.54. The highest BCUT2D eigenvalue weighted by Gasteiger charge is 2.52. The van der Waals surface area contributed by atoms with E-state index < -0.39 is 30.5 Å². The first kappa shape index (κ1) is 28.6. The number of aryl methyl sites for hydroxylation is 1. The van der Waals surface area contributed by atoms with Gasteiger partial charge in [-0.3, -0.25) is 0 Å². The Morgan fingerprint density at radius 1 is 1.05 bits per heavy atom. The van der Waals surface area contributed by atoms with Gasteiger partial charge in [0.1, 0.15) is 17.2 Å². The van der Waals surface area contributed by atoms with Gasteiger partial charge in [-0.15, -0.1) is 0 Å². The maximum Gasteiger partial charge on any atom is 0.498 e. The summed E-state index contributed by atoms with van der Waals surface area (Å²) in [4.78, 5) is 16.4. The monoisotopic (exact) mass is 548 g/mol. The molecule has 0 aliphatic carbocycles. The Hall–Kier alpha value is -3.42. The van der Waals surface area contributed by atoms with Crippen molar-refractivity contribution < 1.29 is 46.4 Å². The number of fused-ring (bicyclic) bond motifs is 1. The molecule has 0 amide bonds.